The van der Waals surface area contributed by atoms with Crippen LogP contribution in [0.5, 0.6) is 0 Å². The number of hydrogen-bond acceptors (Lipinski definition) is 3. The predicted octanol–water partition coefficient (Wildman–Crippen LogP) is 1.93. The minimum atomic E-state index is -1.06. The van der Waals surface area contributed by atoms with Gasteiger partial charge in [-0.2, -0.15) is 0 Å². The van der Waals surface area contributed by atoms with Crippen molar-refractivity contribution < 1.29 is 19.0 Å². The molecule has 1 N–H and O–H groups in total. The van der Waals surface area contributed by atoms with Crippen LogP contribution < -0.4 is 5.56 Å². The molecule has 0 aliphatic rings. The molecular formula is C16H16FNO4. The second-order valence-electron chi connectivity index (χ2n) is 4.77. The third-order valence-corrected chi connectivity index (χ3v) is 3.25. The highest BCUT2D eigenvalue weighted by Crippen LogP contribution is 2.19. The number of halogens is 1. The molecule has 0 saturated carbocycles. The molecule has 2 aromatic rings. The van der Waals surface area contributed by atoms with E-state index in [4.69, 9.17) is 9.84 Å². The van der Waals surface area contributed by atoms with Gasteiger partial charge in [0.05, 0.1) is 18.7 Å². The van der Waals surface area contributed by atoms with Crippen molar-refractivity contribution in [3.05, 3.63) is 58.1 Å². The third kappa shape index (κ3) is 3.59. The summed E-state index contributed by atoms with van der Waals surface area (Å²) in [6.45, 7) is 0.597. The van der Waals surface area contributed by atoms with Gasteiger partial charge in [-0.1, -0.05) is 6.07 Å². The topological polar surface area (TPSA) is 68.5 Å². The Hall–Kier alpha value is -2.47. The van der Waals surface area contributed by atoms with Gasteiger partial charge in [-0.25, -0.2) is 4.39 Å². The first-order valence-corrected chi connectivity index (χ1v) is 6.72. The number of methoxy groups -OCH3 is 1. The summed E-state index contributed by atoms with van der Waals surface area (Å²) in [6, 6.07) is 8.94. The molecule has 0 saturated heterocycles. The Morgan fingerprint density at radius 1 is 1.23 bits per heavy atom. The number of carboxylic acids is 1. The average Bonchev–Trinajstić information content (AvgIpc) is 2.48. The molecule has 0 unspecified atom stereocenters. The molecule has 0 amide bonds. The Labute approximate surface area is 126 Å². The van der Waals surface area contributed by atoms with Gasteiger partial charge in [-0.3, -0.25) is 9.59 Å². The fraction of sp³-hybridized carbons (Fsp3) is 0.250. The SMILES string of the molecule is COCCn1c(-c2ccc(F)cc2)ccc(CC(=O)O)c1=O. The zero-order chi connectivity index (χ0) is 16.1. The zero-order valence-electron chi connectivity index (χ0n) is 12.1. The Bertz CT molecular complexity index is 722. The zero-order valence-corrected chi connectivity index (χ0v) is 12.1. The van der Waals surface area contributed by atoms with Crippen LogP contribution >= 0.6 is 0 Å². The lowest BCUT2D eigenvalue weighted by Crippen LogP contribution is -2.28. The number of nitrogens with zero attached hydrogens (tertiary/aromatic N) is 1. The Kier molecular flexibility index (Phi) is 5.06. The van der Waals surface area contributed by atoms with Crippen molar-refractivity contribution in [2.24, 2.45) is 0 Å². The average molecular weight is 305 g/mol. The van der Waals surface area contributed by atoms with Crippen molar-refractivity contribution >= 4 is 5.97 Å². The standard InChI is InChI=1S/C16H16FNO4/c1-22-9-8-18-14(11-2-5-13(17)6-3-11)7-4-12(16(18)21)10-15(19)20/h2-7H,8-10H2,1H3,(H,19,20). The minimum absolute atomic E-state index is 0.203. The molecule has 5 nitrogen and oxygen atoms in total. The molecule has 1 aromatic carbocycles. The van der Waals surface area contributed by atoms with Gasteiger partial charge < -0.3 is 14.4 Å². The number of rotatable bonds is 6. The van der Waals surface area contributed by atoms with Gasteiger partial charge in [0, 0.05) is 19.2 Å². The van der Waals surface area contributed by atoms with E-state index >= 15 is 0 Å². The van der Waals surface area contributed by atoms with E-state index in [1.165, 1.54) is 29.9 Å². The van der Waals surface area contributed by atoms with Gasteiger partial charge in [-0.05, 0) is 35.9 Å². The van der Waals surface area contributed by atoms with E-state index < -0.39 is 5.97 Å². The Morgan fingerprint density at radius 3 is 2.50 bits per heavy atom. The summed E-state index contributed by atoms with van der Waals surface area (Å²) in [6.07, 6.45) is -0.338. The maximum Gasteiger partial charge on any atom is 0.308 e. The highest BCUT2D eigenvalue weighted by atomic mass is 19.1. The molecule has 0 spiro atoms. The molecule has 1 heterocycles. The molecule has 116 valence electrons. The first-order chi connectivity index (χ1) is 10.5. The highest BCUT2D eigenvalue weighted by molar-refractivity contribution is 5.70. The van der Waals surface area contributed by atoms with Crippen molar-refractivity contribution in [3.8, 4) is 11.3 Å². The molecule has 6 heteroatoms. The number of aliphatic carboxylic acids is 1. The lowest BCUT2D eigenvalue weighted by molar-refractivity contribution is -0.136. The molecule has 1 aromatic heterocycles. The van der Waals surface area contributed by atoms with E-state index in [9.17, 15) is 14.0 Å². The summed E-state index contributed by atoms with van der Waals surface area (Å²) in [4.78, 5) is 23.3. The van der Waals surface area contributed by atoms with Crippen molar-refractivity contribution in [2.45, 2.75) is 13.0 Å². The summed E-state index contributed by atoms with van der Waals surface area (Å²) in [5, 5.41) is 8.86. The van der Waals surface area contributed by atoms with Gasteiger partial charge in [-0.15, -0.1) is 0 Å². The second-order valence-corrected chi connectivity index (χ2v) is 4.77. The van der Waals surface area contributed by atoms with Crippen molar-refractivity contribution in [3.63, 3.8) is 0 Å². The van der Waals surface area contributed by atoms with E-state index in [2.05, 4.69) is 0 Å². The van der Waals surface area contributed by atoms with Crippen molar-refractivity contribution in [1.82, 2.24) is 4.57 Å². The fourth-order valence-corrected chi connectivity index (χ4v) is 2.20. The number of hydrogen-bond donors (Lipinski definition) is 1. The van der Waals surface area contributed by atoms with Gasteiger partial charge in [0.2, 0.25) is 0 Å². The largest absolute Gasteiger partial charge is 0.481 e. The first-order valence-electron chi connectivity index (χ1n) is 6.72. The molecule has 0 fully saturated rings. The van der Waals surface area contributed by atoms with Gasteiger partial charge in [0.25, 0.3) is 5.56 Å². The van der Waals surface area contributed by atoms with E-state index in [-0.39, 0.29) is 29.9 Å². The van der Waals surface area contributed by atoms with E-state index in [1.54, 1.807) is 18.2 Å². The summed E-state index contributed by atoms with van der Waals surface area (Å²) in [5.41, 5.74) is 1.10. The number of benzene rings is 1. The smallest absolute Gasteiger partial charge is 0.308 e. The molecule has 0 aliphatic carbocycles. The van der Waals surface area contributed by atoms with Crippen LogP contribution in [0.1, 0.15) is 5.56 Å². The monoisotopic (exact) mass is 305 g/mol. The van der Waals surface area contributed by atoms with Crippen LogP contribution in [-0.2, 0) is 22.5 Å². The van der Waals surface area contributed by atoms with Gasteiger partial charge >= 0.3 is 5.97 Å². The van der Waals surface area contributed by atoms with E-state index in [0.717, 1.165) is 0 Å². The number of ether oxygens (including phenoxy) is 1. The maximum atomic E-state index is 13.0. The highest BCUT2D eigenvalue weighted by Gasteiger charge is 2.12. The molecule has 0 bridgehead atoms. The molecule has 22 heavy (non-hydrogen) atoms. The summed E-state index contributed by atoms with van der Waals surface area (Å²) >= 11 is 0. The van der Waals surface area contributed by atoms with E-state index in [1.807, 2.05) is 0 Å². The van der Waals surface area contributed by atoms with Crippen LogP contribution in [0.3, 0.4) is 0 Å². The van der Waals surface area contributed by atoms with Crippen molar-refractivity contribution in [1.29, 1.82) is 0 Å². The fourth-order valence-electron chi connectivity index (χ4n) is 2.20. The lowest BCUT2D eigenvalue weighted by Gasteiger charge is -2.14. The number of pyridine rings is 1. The molecular weight excluding hydrogens is 289 g/mol. The molecule has 2 rings (SSSR count). The predicted molar refractivity (Wildman–Crippen MR) is 79.3 cm³/mol. The summed E-state index contributed by atoms with van der Waals surface area (Å²) < 4.78 is 19.5. The number of aromatic nitrogens is 1. The van der Waals surface area contributed by atoms with Crippen LogP contribution in [0.2, 0.25) is 0 Å². The van der Waals surface area contributed by atoms with Crippen LogP contribution in [0.15, 0.2) is 41.2 Å². The molecule has 0 radical (unpaired) electrons. The van der Waals surface area contributed by atoms with Crippen LogP contribution in [0.25, 0.3) is 11.3 Å². The summed E-state index contributed by atoms with van der Waals surface area (Å²) in [5.74, 6) is -1.43. The number of carboxylic acid groups (broad SMARTS) is 1. The maximum absolute atomic E-state index is 13.0. The lowest BCUT2D eigenvalue weighted by atomic mass is 10.1. The first kappa shape index (κ1) is 15.9. The third-order valence-electron chi connectivity index (χ3n) is 3.25. The van der Waals surface area contributed by atoms with E-state index in [0.29, 0.717) is 17.9 Å². The van der Waals surface area contributed by atoms with Crippen LogP contribution in [0, 0.1) is 5.82 Å². The Morgan fingerprint density at radius 2 is 1.91 bits per heavy atom. The van der Waals surface area contributed by atoms with Crippen molar-refractivity contribution in [2.75, 3.05) is 13.7 Å². The van der Waals surface area contributed by atoms with Crippen LogP contribution in [-0.4, -0.2) is 29.4 Å². The quantitative estimate of drug-likeness (QED) is 0.885. The Balaban J connectivity index is 2.52. The van der Waals surface area contributed by atoms with Crippen LogP contribution in [0.4, 0.5) is 4.39 Å². The second kappa shape index (κ2) is 7.00. The number of carbonyl (C=O) groups is 1. The minimum Gasteiger partial charge on any atom is -0.481 e. The summed E-state index contributed by atoms with van der Waals surface area (Å²) in [7, 11) is 1.52. The van der Waals surface area contributed by atoms with Gasteiger partial charge in [0.15, 0.2) is 0 Å². The normalized spacial score (nSPS) is 10.6. The van der Waals surface area contributed by atoms with Gasteiger partial charge in [0.1, 0.15) is 5.82 Å². The molecule has 0 atom stereocenters. The molecule has 0 aliphatic heterocycles.